The molecule has 0 radical (unpaired) electrons. The molecule has 0 aromatic heterocycles. The quantitative estimate of drug-likeness (QED) is 0.668. The molecule has 2 unspecified atom stereocenters. The number of nitrogens with one attached hydrogen (secondary N) is 1. The molecule has 2 rings (SSSR count). The number of carbonyl (C=O) groups is 1. The summed E-state index contributed by atoms with van der Waals surface area (Å²) < 4.78 is 5.24. The van der Waals surface area contributed by atoms with Crippen molar-refractivity contribution in [1.82, 2.24) is 0 Å². The third-order valence-corrected chi connectivity index (χ3v) is 4.19. The monoisotopic (exact) mass is 274 g/mol. The topological polar surface area (TPSA) is 30.7 Å². The van der Waals surface area contributed by atoms with Gasteiger partial charge in [0.15, 0.2) is 0 Å². The summed E-state index contributed by atoms with van der Waals surface area (Å²) in [6.07, 6.45) is 0.886. The van der Waals surface area contributed by atoms with Gasteiger partial charge in [0.2, 0.25) is 0 Å². The standard InChI is InChI=1S/C17H23NO2/c1-4-20-16(19)17(3)13-18(11-10-14(17)2)12-15-8-6-5-7-9-15/h5-9H,2,4,10-13H2,1,3H3/p+1. The van der Waals surface area contributed by atoms with Crippen LogP contribution in [0.3, 0.4) is 0 Å². The summed E-state index contributed by atoms with van der Waals surface area (Å²) in [5.74, 6) is -0.129. The molecule has 0 amide bonds. The minimum atomic E-state index is -0.543. The number of ether oxygens (including phenoxy) is 1. The molecule has 1 N–H and O–H groups in total. The summed E-state index contributed by atoms with van der Waals surface area (Å²) in [6, 6.07) is 10.4. The number of hydrogen-bond donors (Lipinski definition) is 1. The Labute approximate surface area is 121 Å². The number of esters is 1. The molecule has 0 spiro atoms. The number of piperidine rings is 1. The van der Waals surface area contributed by atoms with Crippen molar-refractivity contribution in [3.8, 4) is 0 Å². The third-order valence-electron chi connectivity index (χ3n) is 4.19. The number of hydrogen-bond acceptors (Lipinski definition) is 2. The molecule has 1 aromatic carbocycles. The Bertz CT molecular complexity index is 483. The Morgan fingerprint density at radius 2 is 2.10 bits per heavy atom. The van der Waals surface area contributed by atoms with Crippen LogP contribution in [-0.2, 0) is 16.1 Å². The van der Waals surface area contributed by atoms with Crippen molar-refractivity contribution in [3.63, 3.8) is 0 Å². The van der Waals surface area contributed by atoms with Gasteiger partial charge in [-0.05, 0) is 19.4 Å². The maximum Gasteiger partial charge on any atom is 0.321 e. The molecule has 20 heavy (non-hydrogen) atoms. The van der Waals surface area contributed by atoms with E-state index in [4.69, 9.17) is 4.74 Å². The lowest BCUT2D eigenvalue weighted by Gasteiger charge is -2.37. The van der Waals surface area contributed by atoms with Gasteiger partial charge in [-0.3, -0.25) is 4.79 Å². The van der Waals surface area contributed by atoms with Gasteiger partial charge in [-0.2, -0.15) is 0 Å². The Morgan fingerprint density at radius 3 is 2.75 bits per heavy atom. The van der Waals surface area contributed by atoms with Crippen LogP contribution in [0.2, 0.25) is 0 Å². The molecule has 108 valence electrons. The fraction of sp³-hybridized carbons (Fsp3) is 0.471. The molecule has 0 aliphatic carbocycles. The zero-order chi connectivity index (χ0) is 14.6. The van der Waals surface area contributed by atoms with Gasteiger partial charge in [0.25, 0.3) is 0 Å². The first-order valence-electron chi connectivity index (χ1n) is 7.29. The summed E-state index contributed by atoms with van der Waals surface area (Å²) in [5, 5.41) is 0. The van der Waals surface area contributed by atoms with E-state index in [9.17, 15) is 4.79 Å². The number of likely N-dealkylation sites (tertiary alicyclic amines) is 1. The van der Waals surface area contributed by atoms with E-state index in [0.717, 1.165) is 31.6 Å². The lowest BCUT2D eigenvalue weighted by molar-refractivity contribution is -0.922. The second-order valence-corrected chi connectivity index (χ2v) is 5.75. The lowest BCUT2D eigenvalue weighted by atomic mass is 9.78. The van der Waals surface area contributed by atoms with Crippen molar-refractivity contribution >= 4 is 5.97 Å². The number of benzene rings is 1. The predicted octanol–water partition coefficient (Wildman–Crippen LogP) is 1.60. The molecule has 1 aliphatic rings. The van der Waals surface area contributed by atoms with Crippen LogP contribution in [0.1, 0.15) is 25.8 Å². The highest BCUT2D eigenvalue weighted by Crippen LogP contribution is 2.30. The van der Waals surface area contributed by atoms with Crippen molar-refractivity contribution in [1.29, 1.82) is 0 Å². The van der Waals surface area contributed by atoms with Crippen molar-refractivity contribution in [2.24, 2.45) is 5.41 Å². The fourth-order valence-corrected chi connectivity index (χ4v) is 2.86. The first kappa shape index (κ1) is 14.8. The van der Waals surface area contributed by atoms with Gasteiger partial charge in [-0.1, -0.05) is 36.9 Å². The van der Waals surface area contributed by atoms with E-state index in [1.54, 1.807) is 0 Å². The molecule has 2 atom stereocenters. The largest absolute Gasteiger partial charge is 0.465 e. The lowest BCUT2D eigenvalue weighted by Crippen LogP contribution is -3.13. The molecule has 3 heteroatoms. The van der Waals surface area contributed by atoms with Gasteiger partial charge in [0, 0.05) is 12.0 Å². The van der Waals surface area contributed by atoms with E-state index >= 15 is 0 Å². The molecule has 1 aliphatic heterocycles. The number of carbonyl (C=O) groups excluding carboxylic acids is 1. The van der Waals surface area contributed by atoms with Crippen LogP contribution in [0.25, 0.3) is 0 Å². The Balaban J connectivity index is 2.08. The molecule has 1 fully saturated rings. The SMILES string of the molecule is C=C1CC[NH+](Cc2ccccc2)CC1(C)C(=O)OCC. The smallest absolute Gasteiger partial charge is 0.321 e. The molecule has 0 saturated carbocycles. The molecule has 1 heterocycles. The Kier molecular flexibility index (Phi) is 4.61. The third kappa shape index (κ3) is 3.10. The first-order valence-corrected chi connectivity index (χ1v) is 7.29. The average Bonchev–Trinajstić information content (AvgIpc) is 2.44. The van der Waals surface area contributed by atoms with E-state index in [1.807, 2.05) is 19.9 Å². The van der Waals surface area contributed by atoms with Gasteiger partial charge < -0.3 is 9.64 Å². The van der Waals surface area contributed by atoms with E-state index in [2.05, 4.69) is 30.8 Å². The van der Waals surface area contributed by atoms with Crippen LogP contribution in [0, 0.1) is 5.41 Å². The summed E-state index contributed by atoms with van der Waals surface area (Å²) in [4.78, 5) is 13.6. The first-order chi connectivity index (χ1) is 9.56. The van der Waals surface area contributed by atoms with E-state index in [1.165, 1.54) is 10.5 Å². The van der Waals surface area contributed by atoms with Gasteiger partial charge in [0.1, 0.15) is 12.0 Å². The zero-order valence-electron chi connectivity index (χ0n) is 12.4. The minimum absolute atomic E-state index is 0.129. The van der Waals surface area contributed by atoms with E-state index in [0.29, 0.717) is 6.61 Å². The molecular weight excluding hydrogens is 250 g/mol. The maximum atomic E-state index is 12.2. The second kappa shape index (κ2) is 6.23. The minimum Gasteiger partial charge on any atom is -0.465 e. The fourth-order valence-electron chi connectivity index (χ4n) is 2.86. The Hall–Kier alpha value is -1.61. The van der Waals surface area contributed by atoms with Gasteiger partial charge in [-0.25, -0.2) is 0 Å². The zero-order valence-corrected chi connectivity index (χ0v) is 12.4. The summed E-state index contributed by atoms with van der Waals surface area (Å²) in [7, 11) is 0. The van der Waals surface area contributed by atoms with Crippen LogP contribution in [0.4, 0.5) is 0 Å². The molecular formula is C17H24NO2+. The number of rotatable bonds is 4. The van der Waals surface area contributed by atoms with Crippen LogP contribution in [-0.4, -0.2) is 25.7 Å². The highest BCUT2D eigenvalue weighted by Gasteiger charge is 2.44. The van der Waals surface area contributed by atoms with Crippen molar-refractivity contribution < 1.29 is 14.4 Å². The highest BCUT2D eigenvalue weighted by molar-refractivity contribution is 5.80. The maximum absolute atomic E-state index is 12.2. The van der Waals surface area contributed by atoms with Crippen molar-refractivity contribution in [3.05, 3.63) is 48.0 Å². The Morgan fingerprint density at radius 1 is 1.40 bits per heavy atom. The number of quaternary nitrogens is 1. The van der Waals surface area contributed by atoms with Crippen LogP contribution < -0.4 is 4.90 Å². The van der Waals surface area contributed by atoms with Gasteiger partial charge in [0.05, 0.1) is 19.7 Å². The van der Waals surface area contributed by atoms with Gasteiger partial charge in [-0.15, -0.1) is 0 Å². The van der Waals surface area contributed by atoms with Gasteiger partial charge >= 0.3 is 5.97 Å². The second-order valence-electron chi connectivity index (χ2n) is 5.75. The van der Waals surface area contributed by atoms with Crippen molar-refractivity contribution in [2.75, 3.05) is 19.7 Å². The summed E-state index contributed by atoms with van der Waals surface area (Å²) >= 11 is 0. The van der Waals surface area contributed by atoms with Crippen LogP contribution >= 0.6 is 0 Å². The van der Waals surface area contributed by atoms with Crippen LogP contribution in [0.5, 0.6) is 0 Å². The summed E-state index contributed by atoms with van der Waals surface area (Å²) in [5.41, 5.74) is 1.77. The molecule has 1 saturated heterocycles. The van der Waals surface area contributed by atoms with E-state index < -0.39 is 5.41 Å². The normalized spacial score (nSPS) is 26.3. The van der Waals surface area contributed by atoms with Crippen molar-refractivity contribution in [2.45, 2.75) is 26.8 Å². The van der Waals surface area contributed by atoms with Crippen LogP contribution in [0.15, 0.2) is 42.5 Å². The molecule has 1 aromatic rings. The highest BCUT2D eigenvalue weighted by atomic mass is 16.5. The molecule has 0 bridgehead atoms. The summed E-state index contributed by atoms with van der Waals surface area (Å²) in [6.45, 7) is 11.1. The molecule has 3 nitrogen and oxygen atoms in total. The van der Waals surface area contributed by atoms with E-state index in [-0.39, 0.29) is 5.97 Å². The average molecular weight is 274 g/mol. The predicted molar refractivity (Wildman–Crippen MR) is 79.3 cm³/mol.